The van der Waals surface area contributed by atoms with Gasteiger partial charge in [-0.05, 0) is 13.8 Å². The van der Waals surface area contributed by atoms with Crippen molar-refractivity contribution in [2.24, 2.45) is 0 Å². The molecule has 130 valence electrons. The summed E-state index contributed by atoms with van der Waals surface area (Å²) in [5.74, 6) is 1.03. The largest absolute Gasteiger partial charge is 0.334 e. The van der Waals surface area contributed by atoms with Gasteiger partial charge in [0.15, 0.2) is 0 Å². The van der Waals surface area contributed by atoms with Gasteiger partial charge in [-0.15, -0.1) is 10.2 Å². The van der Waals surface area contributed by atoms with E-state index in [0.29, 0.717) is 11.7 Å². The number of nitrogens with zero attached hydrogens (tertiary/aromatic N) is 6. The standard InChI is InChI=1S/C15H23N7OS/c1-12-16-3-4-22(12)10-9-20-5-7-21(8-6-20)11-14(23)17-15-19-18-13(2)24-15/h3-4H,5-11H2,1-2H3,(H,17,19,23). The third-order valence-electron chi connectivity index (χ3n) is 4.19. The fourth-order valence-electron chi connectivity index (χ4n) is 2.77. The highest BCUT2D eigenvalue weighted by Crippen LogP contribution is 2.13. The Labute approximate surface area is 145 Å². The number of aryl methyl sites for hydroxylation is 2. The number of carbonyl (C=O) groups excluding carboxylic acids is 1. The van der Waals surface area contributed by atoms with Gasteiger partial charge in [-0.2, -0.15) is 0 Å². The number of anilines is 1. The minimum Gasteiger partial charge on any atom is -0.334 e. The molecule has 24 heavy (non-hydrogen) atoms. The van der Waals surface area contributed by atoms with Gasteiger partial charge in [0.1, 0.15) is 10.8 Å². The zero-order valence-electron chi connectivity index (χ0n) is 14.1. The quantitative estimate of drug-likeness (QED) is 0.823. The molecule has 0 spiro atoms. The topological polar surface area (TPSA) is 79.2 Å². The molecule has 1 fully saturated rings. The Bertz CT molecular complexity index is 675. The molecule has 0 bridgehead atoms. The summed E-state index contributed by atoms with van der Waals surface area (Å²) in [5.41, 5.74) is 0. The van der Waals surface area contributed by atoms with E-state index in [4.69, 9.17) is 0 Å². The van der Waals surface area contributed by atoms with Gasteiger partial charge >= 0.3 is 0 Å². The van der Waals surface area contributed by atoms with Crippen LogP contribution in [0.25, 0.3) is 0 Å². The van der Waals surface area contributed by atoms with Crippen LogP contribution in [-0.4, -0.2) is 74.7 Å². The first-order chi connectivity index (χ1) is 11.6. The molecule has 2 aromatic rings. The predicted octanol–water partition coefficient (Wildman–Crippen LogP) is 0.608. The van der Waals surface area contributed by atoms with Gasteiger partial charge in [0.05, 0.1) is 6.54 Å². The summed E-state index contributed by atoms with van der Waals surface area (Å²) >= 11 is 1.40. The Morgan fingerprint density at radius 2 is 1.92 bits per heavy atom. The van der Waals surface area contributed by atoms with E-state index in [1.54, 1.807) is 0 Å². The van der Waals surface area contributed by atoms with E-state index in [0.717, 1.165) is 50.1 Å². The second-order valence-corrected chi connectivity index (χ2v) is 7.14. The fourth-order valence-corrected chi connectivity index (χ4v) is 3.38. The zero-order chi connectivity index (χ0) is 16.9. The summed E-state index contributed by atoms with van der Waals surface area (Å²) in [7, 11) is 0. The molecule has 3 rings (SSSR count). The number of hydrogen-bond donors (Lipinski definition) is 1. The van der Waals surface area contributed by atoms with E-state index in [-0.39, 0.29) is 5.91 Å². The van der Waals surface area contributed by atoms with Crippen LogP contribution < -0.4 is 5.32 Å². The van der Waals surface area contributed by atoms with Crippen LogP contribution in [-0.2, 0) is 11.3 Å². The van der Waals surface area contributed by atoms with Crippen LogP contribution in [0.15, 0.2) is 12.4 Å². The smallest absolute Gasteiger partial charge is 0.240 e. The second-order valence-electron chi connectivity index (χ2n) is 5.96. The summed E-state index contributed by atoms with van der Waals surface area (Å²) in [4.78, 5) is 20.9. The van der Waals surface area contributed by atoms with E-state index in [1.807, 2.05) is 26.2 Å². The molecule has 1 saturated heterocycles. The molecule has 0 saturated carbocycles. The van der Waals surface area contributed by atoms with Gasteiger partial charge in [-0.25, -0.2) is 4.98 Å². The third-order valence-corrected chi connectivity index (χ3v) is 4.94. The first-order valence-electron chi connectivity index (χ1n) is 8.12. The van der Waals surface area contributed by atoms with Crippen LogP contribution in [0.2, 0.25) is 0 Å². The monoisotopic (exact) mass is 349 g/mol. The van der Waals surface area contributed by atoms with Crippen LogP contribution >= 0.6 is 11.3 Å². The molecule has 0 radical (unpaired) electrons. The predicted molar refractivity (Wildman–Crippen MR) is 93.1 cm³/mol. The highest BCUT2D eigenvalue weighted by molar-refractivity contribution is 7.15. The molecule has 3 heterocycles. The fraction of sp³-hybridized carbons (Fsp3) is 0.600. The third kappa shape index (κ3) is 4.59. The van der Waals surface area contributed by atoms with Crippen molar-refractivity contribution in [2.75, 3.05) is 44.6 Å². The molecular weight excluding hydrogens is 326 g/mol. The van der Waals surface area contributed by atoms with Crippen LogP contribution in [0.1, 0.15) is 10.8 Å². The number of aromatic nitrogens is 4. The maximum Gasteiger partial charge on any atom is 0.240 e. The number of nitrogens with one attached hydrogen (secondary N) is 1. The summed E-state index contributed by atoms with van der Waals surface area (Å²) in [6, 6.07) is 0. The van der Waals surface area contributed by atoms with Crippen molar-refractivity contribution in [1.82, 2.24) is 29.5 Å². The Morgan fingerprint density at radius 1 is 1.17 bits per heavy atom. The number of piperazine rings is 1. The van der Waals surface area contributed by atoms with Gasteiger partial charge in [-0.1, -0.05) is 11.3 Å². The van der Waals surface area contributed by atoms with Gasteiger partial charge in [-0.3, -0.25) is 19.9 Å². The number of carbonyl (C=O) groups is 1. The van der Waals surface area contributed by atoms with Crippen LogP contribution in [0, 0.1) is 13.8 Å². The molecule has 1 aliphatic heterocycles. The number of rotatable bonds is 6. The molecule has 0 aliphatic carbocycles. The van der Waals surface area contributed by atoms with Crippen molar-refractivity contribution in [3.05, 3.63) is 23.2 Å². The van der Waals surface area contributed by atoms with Crippen molar-refractivity contribution >= 4 is 22.4 Å². The molecule has 1 N–H and O–H groups in total. The molecular formula is C15H23N7OS. The lowest BCUT2D eigenvalue weighted by molar-refractivity contribution is -0.117. The summed E-state index contributed by atoms with van der Waals surface area (Å²) in [5, 5.41) is 12.1. The normalized spacial score (nSPS) is 16.4. The zero-order valence-corrected chi connectivity index (χ0v) is 14.9. The van der Waals surface area contributed by atoms with Gasteiger partial charge in [0, 0.05) is 51.7 Å². The Hall–Kier alpha value is -1.84. The van der Waals surface area contributed by atoms with E-state index < -0.39 is 0 Å². The molecule has 0 atom stereocenters. The molecule has 9 heteroatoms. The molecule has 1 aliphatic rings. The van der Waals surface area contributed by atoms with E-state index in [1.165, 1.54) is 11.3 Å². The summed E-state index contributed by atoms with van der Waals surface area (Å²) in [6.07, 6.45) is 3.86. The van der Waals surface area contributed by atoms with Crippen molar-refractivity contribution in [3.63, 3.8) is 0 Å². The lowest BCUT2D eigenvalue weighted by atomic mass is 10.3. The molecule has 8 nitrogen and oxygen atoms in total. The first-order valence-corrected chi connectivity index (χ1v) is 8.94. The highest BCUT2D eigenvalue weighted by atomic mass is 32.1. The average molecular weight is 349 g/mol. The van der Waals surface area contributed by atoms with E-state index >= 15 is 0 Å². The van der Waals surface area contributed by atoms with Crippen LogP contribution in [0.3, 0.4) is 0 Å². The highest BCUT2D eigenvalue weighted by Gasteiger charge is 2.19. The number of hydrogen-bond acceptors (Lipinski definition) is 7. The Kier molecular flexibility index (Phi) is 5.54. The van der Waals surface area contributed by atoms with Crippen molar-refractivity contribution in [2.45, 2.75) is 20.4 Å². The minimum atomic E-state index is -0.0198. The van der Waals surface area contributed by atoms with Crippen molar-refractivity contribution < 1.29 is 4.79 Å². The van der Waals surface area contributed by atoms with Crippen LogP contribution in [0.5, 0.6) is 0 Å². The number of imidazole rings is 1. The van der Waals surface area contributed by atoms with E-state index in [2.05, 4.69) is 34.9 Å². The molecule has 1 amide bonds. The molecule has 0 aromatic carbocycles. The second kappa shape index (κ2) is 7.82. The number of amides is 1. The van der Waals surface area contributed by atoms with Crippen molar-refractivity contribution in [3.8, 4) is 0 Å². The van der Waals surface area contributed by atoms with Crippen LogP contribution in [0.4, 0.5) is 5.13 Å². The molecule has 2 aromatic heterocycles. The van der Waals surface area contributed by atoms with Crippen molar-refractivity contribution in [1.29, 1.82) is 0 Å². The van der Waals surface area contributed by atoms with E-state index in [9.17, 15) is 4.79 Å². The first kappa shape index (κ1) is 17.0. The SMILES string of the molecule is Cc1nnc(NC(=O)CN2CCN(CCn3ccnc3C)CC2)s1. The summed E-state index contributed by atoms with van der Waals surface area (Å²) in [6.45, 7) is 10.1. The maximum absolute atomic E-state index is 12.1. The van der Waals surface area contributed by atoms with Gasteiger partial charge in [0.25, 0.3) is 0 Å². The Morgan fingerprint density at radius 3 is 2.54 bits per heavy atom. The lowest BCUT2D eigenvalue weighted by Gasteiger charge is -2.34. The van der Waals surface area contributed by atoms with Gasteiger partial charge < -0.3 is 4.57 Å². The Balaban J connectivity index is 1.37. The molecule has 0 unspecified atom stereocenters. The minimum absolute atomic E-state index is 0.0198. The summed E-state index contributed by atoms with van der Waals surface area (Å²) < 4.78 is 2.17. The maximum atomic E-state index is 12.1. The average Bonchev–Trinajstić information content (AvgIpc) is 3.15. The van der Waals surface area contributed by atoms with Gasteiger partial charge in [0.2, 0.25) is 11.0 Å². The lowest BCUT2D eigenvalue weighted by Crippen LogP contribution is -2.49.